The maximum atomic E-state index is 13.6. The zero-order chi connectivity index (χ0) is 11.7. The van der Waals surface area contributed by atoms with Gasteiger partial charge in [-0.3, -0.25) is 4.79 Å². The molecule has 0 radical (unpaired) electrons. The van der Waals surface area contributed by atoms with Crippen LogP contribution in [-0.4, -0.2) is 24.2 Å². The van der Waals surface area contributed by atoms with Gasteiger partial charge in [-0.2, -0.15) is 0 Å². The molecule has 1 fully saturated rings. The highest BCUT2D eigenvalue weighted by atomic mass is 127. The summed E-state index contributed by atoms with van der Waals surface area (Å²) in [6.45, 7) is 0.362. The van der Waals surface area contributed by atoms with E-state index in [4.69, 9.17) is 5.11 Å². The van der Waals surface area contributed by atoms with Crippen molar-refractivity contribution in [3.8, 4) is 0 Å². The number of carbonyl (C=O) groups is 1. The van der Waals surface area contributed by atoms with Crippen LogP contribution in [0.4, 0.5) is 10.1 Å². The SMILES string of the molecule is O=C1CC(CO)CN1c1ccc(I)cc1F. The lowest BCUT2D eigenvalue weighted by atomic mass is 10.1. The van der Waals surface area contributed by atoms with Gasteiger partial charge in [0.15, 0.2) is 0 Å². The van der Waals surface area contributed by atoms with Gasteiger partial charge in [0.05, 0.1) is 5.69 Å². The third kappa shape index (κ3) is 2.20. The predicted molar refractivity (Wildman–Crippen MR) is 66.7 cm³/mol. The minimum absolute atomic E-state index is 0.0335. The topological polar surface area (TPSA) is 40.5 Å². The fraction of sp³-hybridized carbons (Fsp3) is 0.364. The molecule has 1 aliphatic rings. The summed E-state index contributed by atoms with van der Waals surface area (Å²) in [7, 11) is 0. The first kappa shape index (κ1) is 11.8. The quantitative estimate of drug-likeness (QED) is 0.837. The lowest BCUT2D eigenvalue weighted by Crippen LogP contribution is -2.25. The first-order valence-corrected chi connectivity index (χ1v) is 6.06. The zero-order valence-electron chi connectivity index (χ0n) is 8.49. The van der Waals surface area contributed by atoms with Gasteiger partial charge in [0.25, 0.3) is 0 Å². The minimum Gasteiger partial charge on any atom is -0.396 e. The Morgan fingerprint density at radius 1 is 1.56 bits per heavy atom. The summed E-state index contributed by atoms with van der Waals surface area (Å²) < 4.78 is 14.4. The Hall–Kier alpha value is -0.690. The number of amides is 1. The highest BCUT2D eigenvalue weighted by Gasteiger charge is 2.31. The molecule has 0 aromatic heterocycles. The highest BCUT2D eigenvalue weighted by Crippen LogP contribution is 2.28. The van der Waals surface area contributed by atoms with Gasteiger partial charge in [0, 0.05) is 29.1 Å². The van der Waals surface area contributed by atoms with Crippen molar-refractivity contribution < 1.29 is 14.3 Å². The number of carbonyl (C=O) groups excluding carboxylic acids is 1. The van der Waals surface area contributed by atoms with Crippen LogP contribution in [0.25, 0.3) is 0 Å². The first-order valence-electron chi connectivity index (χ1n) is 4.98. The molecule has 1 atom stereocenters. The molecule has 1 amide bonds. The molecular formula is C11H11FINO2. The van der Waals surface area contributed by atoms with Gasteiger partial charge in [0.1, 0.15) is 5.82 Å². The molecule has 1 unspecified atom stereocenters. The van der Waals surface area contributed by atoms with E-state index in [0.29, 0.717) is 18.7 Å². The van der Waals surface area contributed by atoms with Crippen molar-refractivity contribution in [1.82, 2.24) is 0 Å². The van der Waals surface area contributed by atoms with E-state index >= 15 is 0 Å². The van der Waals surface area contributed by atoms with E-state index in [1.165, 1.54) is 11.0 Å². The zero-order valence-corrected chi connectivity index (χ0v) is 10.6. The van der Waals surface area contributed by atoms with Gasteiger partial charge >= 0.3 is 0 Å². The molecule has 1 aromatic rings. The summed E-state index contributed by atoms with van der Waals surface area (Å²) in [5, 5.41) is 8.99. The lowest BCUT2D eigenvalue weighted by Gasteiger charge is -2.17. The Balaban J connectivity index is 2.28. The van der Waals surface area contributed by atoms with Gasteiger partial charge in [-0.25, -0.2) is 4.39 Å². The minimum atomic E-state index is -0.390. The van der Waals surface area contributed by atoms with Crippen molar-refractivity contribution >= 4 is 34.2 Å². The van der Waals surface area contributed by atoms with Crippen LogP contribution in [0.1, 0.15) is 6.42 Å². The number of benzene rings is 1. The van der Waals surface area contributed by atoms with Crippen molar-refractivity contribution in [3.05, 3.63) is 27.6 Å². The summed E-state index contributed by atoms with van der Waals surface area (Å²) in [6, 6.07) is 4.77. The van der Waals surface area contributed by atoms with E-state index in [1.807, 2.05) is 22.6 Å². The fourth-order valence-electron chi connectivity index (χ4n) is 1.84. The molecule has 5 heteroatoms. The van der Waals surface area contributed by atoms with Crippen molar-refractivity contribution in [3.63, 3.8) is 0 Å². The second-order valence-electron chi connectivity index (χ2n) is 3.85. The van der Waals surface area contributed by atoms with Crippen LogP contribution in [0.2, 0.25) is 0 Å². The Kier molecular flexibility index (Phi) is 3.44. The van der Waals surface area contributed by atoms with E-state index in [2.05, 4.69) is 0 Å². The Bertz CT molecular complexity index is 424. The third-order valence-corrected chi connectivity index (χ3v) is 3.33. The number of halogens is 2. The van der Waals surface area contributed by atoms with E-state index in [0.717, 1.165) is 3.57 Å². The number of rotatable bonds is 2. The third-order valence-electron chi connectivity index (χ3n) is 2.66. The van der Waals surface area contributed by atoms with Crippen LogP contribution in [0.3, 0.4) is 0 Å². The number of anilines is 1. The van der Waals surface area contributed by atoms with Crippen LogP contribution in [0.5, 0.6) is 0 Å². The lowest BCUT2D eigenvalue weighted by molar-refractivity contribution is -0.117. The molecule has 1 aliphatic heterocycles. The monoisotopic (exact) mass is 335 g/mol. The summed E-state index contributed by atoms with van der Waals surface area (Å²) in [4.78, 5) is 13.0. The average molecular weight is 335 g/mol. The molecule has 0 spiro atoms. The molecule has 0 bridgehead atoms. The highest BCUT2D eigenvalue weighted by molar-refractivity contribution is 14.1. The molecule has 1 heterocycles. The Morgan fingerprint density at radius 2 is 2.31 bits per heavy atom. The van der Waals surface area contributed by atoms with Gasteiger partial charge in [-0.15, -0.1) is 0 Å². The van der Waals surface area contributed by atoms with E-state index < -0.39 is 0 Å². The first-order chi connectivity index (χ1) is 7.61. The predicted octanol–water partition coefficient (Wildman–Crippen LogP) is 1.78. The number of aliphatic hydroxyl groups excluding tert-OH is 1. The number of nitrogens with zero attached hydrogens (tertiary/aromatic N) is 1. The molecule has 0 saturated carbocycles. The summed E-state index contributed by atoms with van der Waals surface area (Å²) in [6.07, 6.45) is 0.294. The number of hydrogen-bond donors (Lipinski definition) is 1. The van der Waals surface area contributed by atoms with Gasteiger partial charge < -0.3 is 10.0 Å². The molecule has 86 valence electrons. The van der Waals surface area contributed by atoms with Crippen molar-refractivity contribution in [2.45, 2.75) is 6.42 Å². The fourth-order valence-corrected chi connectivity index (χ4v) is 2.29. The van der Waals surface area contributed by atoms with E-state index in [9.17, 15) is 9.18 Å². The molecule has 1 saturated heterocycles. The maximum absolute atomic E-state index is 13.6. The second kappa shape index (κ2) is 4.67. The van der Waals surface area contributed by atoms with Crippen LogP contribution >= 0.6 is 22.6 Å². The maximum Gasteiger partial charge on any atom is 0.227 e. The molecule has 0 aliphatic carbocycles. The molecular weight excluding hydrogens is 324 g/mol. The van der Waals surface area contributed by atoms with Gasteiger partial charge in [-0.1, -0.05) is 0 Å². The van der Waals surface area contributed by atoms with Gasteiger partial charge in [0.2, 0.25) is 5.91 Å². The Labute approximate surface area is 106 Å². The second-order valence-corrected chi connectivity index (χ2v) is 5.10. The van der Waals surface area contributed by atoms with Crippen LogP contribution in [0.15, 0.2) is 18.2 Å². The van der Waals surface area contributed by atoms with Crippen LogP contribution in [0, 0.1) is 15.3 Å². The molecule has 3 nitrogen and oxygen atoms in total. The average Bonchev–Trinajstić information content (AvgIpc) is 2.60. The van der Waals surface area contributed by atoms with Gasteiger partial charge in [-0.05, 0) is 40.8 Å². The smallest absolute Gasteiger partial charge is 0.227 e. The normalized spacial score (nSPS) is 20.6. The summed E-state index contributed by atoms with van der Waals surface area (Å²) in [5.41, 5.74) is 0.307. The van der Waals surface area contributed by atoms with E-state index in [-0.39, 0.29) is 24.2 Å². The molecule has 1 aromatic carbocycles. The Morgan fingerprint density at radius 3 is 2.88 bits per heavy atom. The van der Waals surface area contributed by atoms with Crippen LogP contribution in [-0.2, 0) is 4.79 Å². The number of aliphatic hydroxyl groups is 1. The standard InChI is InChI=1S/C11H11FINO2/c12-9-4-8(13)1-2-10(9)14-5-7(6-15)3-11(14)16/h1-2,4,7,15H,3,5-6H2. The molecule has 1 N–H and O–H groups in total. The molecule has 2 rings (SSSR count). The van der Waals surface area contributed by atoms with Crippen LogP contribution < -0.4 is 4.90 Å². The number of hydrogen-bond acceptors (Lipinski definition) is 2. The van der Waals surface area contributed by atoms with Crippen molar-refractivity contribution in [2.75, 3.05) is 18.1 Å². The van der Waals surface area contributed by atoms with Crippen molar-refractivity contribution in [2.24, 2.45) is 5.92 Å². The van der Waals surface area contributed by atoms with E-state index in [1.54, 1.807) is 12.1 Å². The summed E-state index contributed by atoms with van der Waals surface area (Å²) in [5.74, 6) is -0.593. The molecule has 16 heavy (non-hydrogen) atoms. The largest absolute Gasteiger partial charge is 0.396 e. The summed E-state index contributed by atoms with van der Waals surface area (Å²) >= 11 is 2.02. The van der Waals surface area contributed by atoms with Crippen molar-refractivity contribution in [1.29, 1.82) is 0 Å².